The Morgan fingerprint density at radius 3 is 2.30 bits per heavy atom. The monoisotopic (exact) mass is 521 g/mol. The number of carbonyl (C=O) groups excluding carboxylic acids is 1. The third kappa shape index (κ3) is 7.28. The minimum Gasteiger partial charge on any atom is -0.355 e. The number of likely N-dealkylation sites (tertiary alicyclic amines) is 1. The molecule has 1 fully saturated rings. The minimum absolute atomic E-state index is 0. The summed E-state index contributed by atoms with van der Waals surface area (Å²) in [6.45, 7) is 3.86. The Balaban J connectivity index is 0.00000320. The Morgan fingerprint density at radius 2 is 1.70 bits per heavy atom. The molecule has 1 saturated heterocycles. The van der Waals surface area contributed by atoms with Crippen molar-refractivity contribution in [3.63, 3.8) is 0 Å². The van der Waals surface area contributed by atoms with Crippen molar-refractivity contribution < 1.29 is 4.79 Å². The number of nitrogens with zero attached hydrogens (tertiary/aromatic N) is 2. The highest BCUT2D eigenvalue weighted by atomic mass is 127. The summed E-state index contributed by atoms with van der Waals surface area (Å²) in [7, 11) is 3.44. The number of hydrogen-bond donors (Lipinski definition) is 3. The standard InChI is InChI=1S/C23H31N5O.HI/c1-24-22(29)20-10-8-18(9-11-20)16-26-23(25-2)27-21-12-14-28(15-13-21)17-19-6-4-3-5-7-19;/h3-11,21H,12-17H2,1-2H3,(H,24,29)(H2,25,26,27);1H. The second kappa shape index (κ2) is 12.5. The Morgan fingerprint density at radius 1 is 1.03 bits per heavy atom. The predicted octanol–water partition coefficient (Wildman–Crippen LogP) is 2.99. The number of nitrogens with one attached hydrogen (secondary N) is 3. The van der Waals surface area contributed by atoms with Crippen molar-refractivity contribution in [2.75, 3.05) is 27.2 Å². The summed E-state index contributed by atoms with van der Waals surface area (Å²) in [5.41, 5.74) is 3.15. The van der Waals surface area contributed by atoms with Gasteiger partial charge in [-0.05, 0) is 36.1 Å². The molecule has 2 aromatic rings. The molecular weight excluding hydrogens is 489 g/mol. The van der Waals surface area contributed by atoms with Crippen LogP contribution in [0, 0.1) is 0 Å². The van der Waals surface area contributed by atoms with E-state index in [4.69, 9.17) is 0 Å². The van der Waals surface area contributed by atoms with Gasteiger partial charge >= 0.3 is 0 Å². The second-order valence-electron chi connectivity index (χ2n) is 7.38. The van der Waals surface area contributed by atoms with E-state index >= 15 is 0 Å². The van der Waals surface area contributed by atoms with Crippen LogP contribution in [0.25, 0.3) is 0 Å². The number of aliphatic imine (C=N–C) groups is 1. The zero-order valence-corrected chi connectivity index (χ0v) is 20.1. The topological polar surface area (TPSA) is 68.8 Å². The third-order valence-corrected chi connectivity index (χ3v) is 5.30. The minimum atomic E-state index is -0.0689. The first-order valence-electron chi connectivity index (χ1n) is 10.2. The molecule has 0 radical (unpaired) electrons. The van der Waals surface area contributed by atoms with Gasteiger partial charge in [0.05, 0.1) is 0 Å². The molecule has 3 rings (SSSR count). The van der Waals surface area contributed by atoms with Crippen LogP contribution in [-0.4, -0.2) is 50.0 Å². The van der Waals surface area contributed by atoms with Crippen molar-refractivity contribution in [3.05, 3.63) is 71.3 Å². The van der Waals surface area contributed by atoms with E-state index in [0.717, 1.165) is 44.0 Å². The van der Waals surface area contributed by atoms with Crippen molar-refractivity contribution >= 4 is 35.8 Å². The van der Waals surface area contributed by atoms with Gasteiger partial charge in [-0.2, -0.15) is 0 Å². The molecule has 0 aliphatic carbocycles. The van der Waals surface area contributed by atoms with Gasteiger partial charge in [-0.15, -0.1) is 24.0 Å². The van der Waals surface area contributed by atoms with Crippen LogP contribution in [0.2, 0.25) is 0 Å². The molecule has 0 bridgehead atoms. The van der Waals surface area contributed by atoms with Crippen LogP contribution in [0.1, 0.15) is 34.3 Å². The van der Waals surface area contributed by atoms with E-state index in [2.05, 4.69) is 56.2 Å². The third-order valence-electron chi connectivity index (χ3n) is 5.30. The molecule has 30 heavy (non-hydrogen) atoms. The van der Waals surface area contributed by atoms with Gasteiger partial charge in [0, 0.05) is 51.9 Å². The zero-order valence-electron chi connectivity index (χ0n) is 17.7. The van der Waals surface area contributed by atoms with E-state index in [1.54, 1.807) is 14.1 Å². The molecule has 162 valence electrons. The molecule has 6 nitrogen and oxygen atoms in total. The molecule has 3 N–H and O–H groups in total. The number of benzene rings is 2. The Kier molecular flexibility index (Phi) is 10.1. The van der Waals surface area contributed by atoms with Crippen molar-refractivity contribution in [1.29, 1.82) is 0 Å². The van der Waals surface area contributed by atoms with Gasteiger partial charge in [-0.1, -0.05) is 42.5 Å². The Bertz CT molecular complexity index is 802. The molecule has 0 saturated carbocycles. The van der Waals surface area contributed by atoms with Crippen LogP contribution >= 0.6 is 24.0 Å². The molecule has 0 atom stereocenters. The van der Waals surface area contributed by atoms with Gasteiger partial charge in [0.15, 0.2) is 5.96 Å². The fraction of sp³-hybridized carbons (Fsp3) is 0.391. The summed E-state index contributed by atoms with van der Waals surface area (Å²) >= 11 is 0. The lowest BCUT2D eigenvalue weighted by molar-refractivity contribution is 0.0963. The first-order valence-corrected chi connectivity index (χ1v) is 10.2. The average Bonchev–Trinajstić information content (AvgIpc) is 2.78. The molecule has 1 amide bonds. The van der Waals surface area contributed by atoms with Crippen LogP contribution in [-0.2, 0) is 13.1 Å². The second-order valence-corrected chi connectivity index (χ2v) is 7.38. The zero-order chi connectivity index (χ0) is 20.5. The van der Waals surface area contributed by atoms with Crippen LogP contribution in [0.3, 0.4) is 0 Å². The van der Waals surface area contributed by atoms with Gasteiger partial charge in [-0.3, -0.25) is 14.7 Å². The van der Waals surface area contributed by atoms with Gasteiger partial charge in [-0.25, -0.2) is 0 Å². The molecule has 0 spiro atoms. The van der Waals surface area contributed by atoms with Crippen molar-refractivity contribution in [1.82, 2.24) is 20.9 Å². The number of halogens is 1. The van der Waals surface area contributed by atoms with Gasteiger partial charge in [0.1, 0.15) is 0 Å². The molecular formula is C23H32IN5O. The van der Waals surface area contributed by atoms with E-state index in [9.17, 15) is 4.79 Å². The number of guanidine groups is 1. The maximum Gasteiger partial charge on any atom is 0.251 e. The number of rotatable bonds is 6. The van der Waals surface area contributed by atoms with E-state index < -0.39 is 0 Å². The lowest BCUT2D eigenvalue weighted by atomic mass is 10.0. The van der Waals surface area contributed by atoms with Crippen molar-refractivity contribution in [2.45, 2.75) is 32.0 Å². The van der Waals surface area contributed by atoms with Crippen molar-refractivity contribution in [3.8, 4) is 0 Å². The lowest BCUT2D eigenvalue weighted by Gasteiger charge is -2.33. The first kappa shape index (κ1) is 24.1. The van der Waals surface area contributed by atoms with Crippen LogP contribution in [0.4, 0.5) is 0 Å². The number of hydrogen-bond acceptors (Lipinski definition) is 3. The van der Waals surface area contributed by atoms with Gasteiger partial charge in [0.25, 0.3) is 5.91 Å². The highest BCUT2D eigenvalue weighted by molar-refractivity contribution is 14.0. The van der Waals surface area contributed by atoms with E-state index in [1.807, 2.05) is 24.3 Å². The van der Waals surface area contributed by atoms with Crippen LogP contribution in [0.15, 0.2) is 59.6 Å². The van der Waals surface area contributed by atoms with Gasteiger partial charge < -0.3 is 16.0 Å². The summed E-state index contributed by atoms with van der Waals surface area (Å²) in [5, 5.41) is 9.55. The Labute approximate surface area is 196 Å². The summed E-state index contributed by atoms with van der Waals surface area (Å²) in [6.07, 6.45) is 2.21. The molecule has 2 aromatic carbocycles. The maximum absolute atomic E-state index is 11.6. The smallest absolute Gasteiger partial charge is 0.251 e. The molecule has 0 aromatic heterocycles. The first-order chi connectivity index (χ1) is 14.2. The molecule has 1 aliphatic heterocycles. The molecule has 0 unspecified atom stereocenters. The molecule has 1 aliphatic rings. The van der Waals surface area contributed by atoms with Gasteiger partial charge in [0.2, 0.25) is 0 Å². The Hall–Kier alpha value is -2.13. The highest BCUT2D eigenvalue weighted by Crippen LogP contribution is 2.14. The van der Waals surface area contributed by atoms with E-state index in [-0.39, 0.29) is 29.9 Å². The largest absolute Gasteiger partial charge is 0.355 e. The number of carbonyl (C=O) groups is 1. The number of piperidine rings is 1. The molecule has 1 heterocycles. The summed E-state index contributed by atoms with van der Waals surface area (Å²) < 4.78 is 0. The summed E-state index contributed by atoms with van der Waals surface area (Å²) in [6, 6.07) is 18.7. The van der Waals surface area contributed by atoms with Crippen molar-refractivity contribution in [2.24, 2.45) is 4.99 Å². The fourth-order valence-corrected chi connectivity index (χ4v) is 3.57. The normalized spacial score (nSPS) is 15.2. The molecule has 7 heteroatoms. The lowest BCUT2D eigenvalue weighted by Crippen LogP contribution is -2.48. The predicted molar refractivity (Wildman–Crippen MR) is 133 cm³/mol. The fourth-order valence-electron chi connectivity index (χ4n) is 3.57. The quantitative estimate of drug-likeness (QED) is 0.311. The van der Waals surface area contributed by atoms with E-state index in [1.165, 1.54) is 5.56 Å². The average molecular weight is 521 g/mol. The highest BCUT2D eigenvalue weighted by Gasteiger charge is 2.20. The SMILES string of the molecule is CN=C(NCc1ccc(C(=O)NC)cc1)NC1CCN(Cc2ccccc2)CC1.I. The van der Waals surface area contributed by atoms with Crippen LogP contribution in [0.5, 0.6) is 0 Å². The number of amides is 1. The summed E-state index contributed by atoms with van der Waals surface area (Å²) in [4.78, 5) is 18.5. The summed E-state index contributed by atoms with van der Waals surface area (Å²) in [5.74, 6) is 0.752. The van der Waals surface area contributed by atoms with Crippen LogP contribution < -0.4 is 16.0 Å². The van der Waals surface area contributed by atoms with E-state index in [0.29, 0.717) is 18.2 Å². The maximum atomic E-state index is 11.6.